The Kier molecular flexibility index (Phi) is 3.46. The lowest BCUT2D eigenvalue weighted by atomic mass is 9.86. The minimum absolute atomic E-state index is 0.243. The number of carbonyl (C=O) groups excluding carboxylic acids is 1. The van der Waals surface area contributed by atoms with E-state index < -0.39 is 0 Å². The second-order valence-corrected chi connectivity index (χ2v) is 5.86. The van der Waals surface area contributed by atoms with Gasteiger partial charge in [0.2, 0.25) is 5.78 Å². The number of methoxy groups -OCH3 is 2. The summed E-state index contributed by atoms with van der Waals surface area (Å²) < 4.78 is 10.7. The highest BCUT2D eigenvalue weighted by molar-refractivity contribution is 6.22. The van der Waals surface area contributed by atoms with Gasteiger partial charge in [0.25, 0.3) is 0 Å². The number of hydrogen-bond acceptors (Lipinski definition) is 4. The SMILES string of the molecule is COc1ccc(-c2ccc3cccc4c3c2C=C(O)C4=O)cc1OC. The number of ether oxygens (including phenoxy) is 2. The van der Waals surface area contributed by atoms with E-state index in [1.54, 1.807) is 26.4 Å². The largest absolute Gasteiger partial charge is 0.504 e. The van der Waals surface area contributed by atoms with Gasteiger partial charge < -0.3 is 14.6 Å². The number of benzene rings is 3. The summed E-state index contributed by atoms with van der Waals surface area (Å²) in [6, 6.07) is 15.2. The third-order valence-electron chi connectivity index (χ3n) is 4.54. The number of ketones is 1. The second kappa shape index (κ2) is 5.67. The first kappa shape index (κ1) is 15.3. The Morgan fingerprint density at radius 2 is 1.68 bits per heavy atom. The zero-order chi connectivity index (χ0) is 17.6. The van der Waals surface area contributed by atoms with Crippen LogP contribution in [0.1, 0.15) is 15.9 Å². The first-order valence-electron chi connectivity index (χ1n) is 7.87. The van der Waals surface area contributed by atoms with Gasteiger partial charge >= 0.3 is 0 Å². The maximum absolute atomic E-state index is 12.3. The maximum Gasteiger partial charge on any atom is 0.227 e. The van der Waals surface area contributed by atoms with Crippen molar-refractivity contribution in [3.63, 3.8) is 0 Å². The third kappa shape index (κ3) is 2.26. The Hall–Kier alpha value is -3.27. The Labute approximate surface area is 144 Å². The first-order valence-corrected chi connectivity index (χ1v) is 7.87. The fourth-order valence-corrected chi connectivity index (χ4v) is 3.34. The highest BCUT2D eigenvalue weighted by Gasteiger charge is 2.23. The van der Waals surface area contributed by atoms with Crippen molar-refractivity contribution in [1.82, 2.24) is 0 Å². The summed E-state index contributed by atoms with van der Waals surface area (Å²) >= 11 is 0. The highest BCUT2D eigenvalue weighted by Crippen LogP contribution is 2.39. The predicted octanol–water partition coefficient (Wildman–Crippen LogP) is 4.62. The van der Waals surface area contributed by atoms with E-state index in [1.165, 1.54) is 0 Å². The lowest BCUT2D eigenvalue weighted by Gasteiger charge is -2.18. The average Bonchev–Trinajstić information content (AvgIpc) is 2.65. The molecule has 4 rings (SSSR count). The van der Waals surface area contributed by atoms with Crippen LogP contribution in [-0.4, -0.2) is 25.1 Å². The van der Waals surface area contributed by atoms with Crippen molar-refractivity contribution >= 4 is 22.6 Å². The van der Waals surface area contributed by atoms with Crippen LogP contribution in [0.25, 0.3) is 28.0 Å². The van der Waals surface area contributed by atoms with Crippen LogP contribution in [0.5, 0.6) is 11.5 Å². The number of hydrogen-bond donors (Lipinski definition) is 1. The Bertz CT molecular complexity index is 1050. The molecular formula is C21H16O4. The maximum atomic E-state index is 12.3. The molecule has 1 aliphatic rings. The molecule has 4 nitrogen and oxygen atoms in total. The number of allylic oxidation sites excluding steroid dienone is 1. The van der Waals surface area contributed by atoms with E-state index in [4.69, 9.17) is 9.47 Å². The van der Waals surface area contributed by atoms with Crippen molar-refractivity contribution in [1.29, 1.82) is 0 Å². The van der Waals surface area contributed by atoms with Crippen molar-refractivity contribution in [3.05, 3.63) is 65.4 Å². The topological polar surface area (TPSA) is 55.8 Å². The van der Waals surface area contributed by atoms with Crippen molar-refractivity contribution in [3.8, 4) is 22.6 Å². The van der Waals surface area contributed by atoms with Crippen LogP contribution < -0.4 is 9.47 Å². The molecule has 0 atom stereocenters. The summed E-state index contributed by atoms with van der Waals surface area (Å²) in [5.74, 6) is 0.686. The molecule has 1 N–H and O–H groups in total. The fourth-order valence-electron chi connectivity index (χ4n) is 3.34. The van der Waals surface area contributed by atoms with Crippen molar-refractivity contribution in [2.45, 2.75) is 0 Å². The molecule has 25 heavy (non-hydrogen) atoms. The van der Waals surface area contributed by atoms with Crippen molar-refractivity contribution in [2.75, 3.05) is 14.2 Å². The number of carbonyl (C=O) groups is 1. The van der Waals surface area contributed by atoms with Gasteiger partial charge in [0.1, 0.15) is 0 Å². The zero-order valence-corrected chi connectivity index (χ0v) is 13.9. The van der Waals surface area contributed by atoms with Gasteiger partial charge in [0.05, 0.1) is 14.2 Å². The summed E-state index contributed by atoms with van der Waals surface area (Å²) in [5.41, 5.74) is 3.19. The van der Waals surface area contributed by atoms with Gasteiger partial charge in [-0.2, -0.15) is 0 Å². The normalized spacial score (nSPS) is 12.9. The molecule has 1 aliphatic carbocycles. The molecule has 0 saturated heterocycles. The monoisotopic (exact) mass is 332 g/mol. The molecule has 0 heterocycles. The van der Waals surface area contributed by atoms with Crippen molar-refractivity contribution in [2.24, 2.45) is 0 Å². The van der Waals surface area contributed by atoms with Crippen LogP contribution in [0.2, 0.25) is 0 Å². The van der Waals surface area contributed by atoms with E-state index in [0.29, 0.717) is 17.1 Å². The summed E-state index contributed by atoms with van der Waals surface area (Å²) in [6.07, 6.45) is 1.55. The summed E-state index contributed by atoms with van der Waals surface area (Å²) in [4.78, 5) is 12.3. The van der Waals surface area contributed by atoms with Gasteiger partial charge in [-0.05, 0) is 40.3 Å². The molecule has 0 radical (unpaired) electrons. The van der Waals surface area contributed by atoms with E-state index >= 15 is 0 Å². The molecule has 3 aromatic carbocycles. The number of aliphatic hydroxyl groups is 1. The van der Waals surface area contributed by atoms with Gasteiger partial charge in [0.15, 0.2) is 17.3 Å². The van der Waals surface area contributed by atoms with E-state index in [0.717, 1.165) is 27.5 Å². The molecule has 0 aliphatic heterocycles. The van der Waals surface area contributed by atoms with E-state index in [1.807, 2.05) is 42.5 Å². The van der Waals surface area contributed by atoms with E-state index in [2.05, 4.69) is 0 Å². The van der Waals surface area contributed by atoms with Crippen molar-refractivity contribution < 1.29 is 19.4 Å². The standard InChI is InChI=1S/C21H16O4/c1-24-18-9-7-13(10-19(18)25-2)14-8-6-12-4-3-5-15-20(12)16(14)11-17(22)21(15)23/h3-11,22H,1-2H3. The molecule has 0 saturated carbocycles. The summed E-state index contributed by atoms with van der Waals surface area (Å²) in [6.45, 7) is 0. The molecule has 0 aromatic heterocycles. The number of rotatable bonds is 3. The van der Waals surface area contributed by atoms with Gasteiger partial charge in [0, 0.05) is 10.9 Å². The quantitative estimate of drug-likeness (QED) is 0.760. The number of aliphatic hydroxyl groups excluding tert-OH is 1. The number of Topliss-reactive ketones (excluding diaryl/α,β-unsaturated/α-hetero) is 1. The first-order chi connectivity index (χ1) is 12.1. The lowest BCUT2D eigenvalue weighted by molar-refractivity contribution is 0.0981. The van der Waals surface area contributed by atoms with Gasteiger partial charge in [-0.15, -0.1) is 0 Å². The van der Waals surface area contributed by atoms with Gasteiger partial charge in [-0.3, -0.25) is 4.79 Å². The van der Waals surface area contributed by atoms with Crippen LogP contribution in [0.15, 0.2) is 54.3 Å². The van der Waals surface area contributed by atoms with Gasteiger partial charge in [-0.1, -0.05) is 36.4 Å². The predicted molar refractivity (Wildman–Crippen MR) is 97.4 cm³/mol. The molecule has 0 fully saturated rings. The smallest absolute Gasteiger partial charge is 0.227 e. The summed E-state index contributed by atoms with van der Waals surface area (Å²) in [7, 11) is 3.19. The second-order valence-electron chi connectivity index (χ2n) is 5.86. The highest BCUT2D eigenvalue weighted by atomic mass is 16.5. The van der Waals surface area contributed by atoms with Crippen LogP contribution in [0.4, 0.5) is 0 Å². The lowest BCUT2D eigenvalue weighted by Crippen LogP contribution is -2.09. The van der Waals surface area contributed by atoms with Gasteiger partial charge in [-0.25, -0.2) is 0 Å². The Morgan fingerprint density at radius 3 is 2.44 bits per heavy atom. The zero-order valence-electron chi connectivity index (χ0n) is 13.9. The van der Waals surface area contributed by atoms with Crippen LogP contribution in [-0.2, 0) is 0 Å². The van der Waals surface area contributed by atoms with Crippen LogP contribution >= 0.6 is 0 Å². The molecule has 0 bridgehead atoms. The Morgan fingerprint density at radius 1 is 0.880 bits per heavy atom. The molecule has 0 spiro atoms. The van der Waals surface area contributed by atoms with Crippen LogP contribution in [0, 0.1) is 0 Å². The minimum atomic E-state index is -0.345. The van der Waals surface area contributed by atoms with E-state index in [-0.39, 0.29) is 11.5 Å². The molecule has 4 heteroatoms. The molecule has 0 amide bonds. The fraction of sp³-hybridized carbons (Fsp3) is 0.0952. The van der Waals surface area contributed by atoms with Crippen LogP contribution in [0.3, 0.4) is 0 Å². The molecule has 3 aromatic rings. The molecule has 124 valence electrons. The molecular weight excluding hydrogens is 316 g/mol. The average molecular weight is 332 g/mol. The minimum Gasteiger partial charge on any atom is -0.504 e. The Balaban J connectivity index is 2.02. The summed E-state index contributed by atoms with van der Waals surface area (Å²) in [5, 5.41) is 11.9. The third-order valence-corrected chi connectivity index (χ3v) is 4.54. The van der Waals surface area contributed by atoms with E-state index in [9.17, 15) is 9.90 Å². The molecule has 0 unspecified atom stereocenters.